The van der Waals surface area contributed by atoms with Crippen LogP contribution >= 0.6 is 0 Å². The van der Waals surface area contributed by atoms with Crippen molar-refractivity contribution >= 4 is 22.0 Å². The summed E-state index contributed by atoms with van der Waals surface area (Å²) < 4.78 is 32.4. The maximum absolute atomic E-state index is 13.1. The summed E-state index contributed by atoms with van der Waals surface area (Å²) in [5, 5.41) is 0. The fraction of sp³-hybridized carbons (Fsp3) is 0.583. The van der Waals surface area contributed by atoms with Crippen LogP contribution in [0.4, 0.5) is 4.79 Å². The van der Waals surface area contributed by atoms with Crippen LogP contribution in [0.2, 0.25) is 0 Å². The molecule has 1 heterocycles. The van der Waals surface area contributed by atoms with Crippen LogP contribution in [0.15, 0.2) is 41.8 Å². The van der Waals surface area contributed by atoms with Gasteiger partial charge in [0.05, 0.1) is 4.90 Å². The normalized spacial score (nSPS) is 17.0. The number of ether oxygens (including phenoxy) is 1. The van der Waals surface area contributed by atoms with E-state index in [9.17, 15) is 18.0 Å². The number of amides is 2. The van der Waals surface area contributed by atoms with Gasteiger partial charge in [0.1, 0.15) is 5.60 Å². The van der Waals surface area contributed by atoms with E-state index in [1.165, 1.54) is 30.3 Å². The second-order valence-corrected chi connectivity index (χ2v) is 11.4. The second-order valence-electron chi connectivity index (χ2n) is 9.65. The molecule has 1 aromatic carbocycles. The number of nitrogens with zero attached hydrogens (tertiary/aromatic N) is 2. The molecule has 0 spiro atoms. The van der Waals surface area contributed by atoms with Gasteiger partial charge in [-0.25, -0.2) is 17.9 Å². The fourth-order valence-corrected chi connectivity index (χ4v) is 4.70. The minimum absolute atomic E-state index is 0.0184. The minimum atomic E-state index is -3.64. The Labute approximate surface area is 198 Å². The lowest BCUT2D eigenvalue weighted by atomic mass is 9.96. The van der Waals surface area contributed by atoms with Gasteiger partial charge in [0.25, 0.3) is 5.91 Å². The molecule has 0 bridgehead atoms. The van der Waals surface area contributed by atoms with Crippen LogP contribution in [0, 0.1) is 5.92 Å². The summed E-state index contributed by atoms with van der Waals surface area (Å²) >= 11 is 0. The van der Waals surface area contributed by atoms with Crippen molar-refractivity contribution in [3.05, 3.63) is 42.5 Å². The van der Waals surface area contributed by atoms with Crippen molar-refractivity contribution < 1.29 is 22.7 Å². The number of hydrogen-bond acceptors (Lipinski definition) is 5. The van der Waals surface area contributed by atoms with Gasteiger partial charge in [0, 0.05) is 37.8 Å². The third-order valence-electron chi connectivity index (χ3n) is 5.34. The smallest absolute Gasteiger partial charge is 0.410 e. The Morgan fingerprint density at radius 3 is 2.45 bits per heavy atom. The Bertz CT molecular complexity index is 936. The molecule has 0 radical (unpaired) electrons. The molecule has 0 saturated carbocycles. The zero-order chi connectivity index (χ0) is 24.8. The predicted molar refractivity (Wildman–Crippen MR) is 129 cm³/mol. The van der Waals surface area contributed by atoms with Gasteiger partial charge in [0.15, 0.2) is 0 Å². The molecular weight excluding hydrogens is 442 g/mol. The van der Waals surface area contributed by atoms with Crippen molar-refractivity contribution in [1.82, 2.24) is 14.5 Å². The minimum Gasteiger partial charge on any atom is -0.444 e. The molecule has 8 nitrogen and oxygen atoms in total. The van der Waals surface area contributed by atoms with Crippen LogP contribution in [0.1, 0.15) is 57.8 Å². The molecule has 1 atom stereocenters. The van der Waals surface area contributed by atoms with Crippen LogP contribution in [-0.4, -0.2) is 68.0 Å². The van der Waals surface area contributed by atoms with Crippen LogP contribution in [0.3, 0.4) is 0 Å². The summed E-state index contributed by atoms with van der Waals surface area (Å²) in [6, 6.07) is 5.92. The van der Waals surface area contributed by atoms with E-state index in [0.717, 1.165) is 12.8 Å². The number of benzene rings is 1. The molecule has 1 N–H and O–H groups in total. The van der Waals surface area contributed by atoms with E-state index in [0.29, 0.717) is 25.2 Å². The van der Waals surface area contributed by atoms with E-state index >= 15 is 0 Å². The highest BCUT2D eigenvalue weighted by molar-refractivity contribution is 7.89. The SMILES string of the molecule is C=CCNS(=O)(=O)c1ccc(C(=O)N2CCCC(CN(C(=O)OC(C)(C)C)C(C)C)C2)cc1. The van der Waals surface area contributed by atoms with E-state index in [-0.39, 0.29) is 35.4 Å². The summed E-state index contributed by atoms with van der Waals surface area (Å²) in [6.07, 6.45) is 2.88. The van der Waals surface area contributed by atoms with E-state index in [2.05, 4.69) is 11.3 Å². The quantitative estimate of drug-likeness (QED) is 0.574. The standard InChI is InChI=1S/C24H37N3O5S/c1-7-14-25-33(30,31)21-12-10-20(11-13-21)22(28)26-15-8-9-19(16-26)17-27(18(2)3)23(29)32-24(4,5)6/h7,10-13,18-19,25H,1,8-9,14-17H2,2-6H3. The summed E-state index contributed by atoms with van der Waals surface area (Å²) in [6.45, 7) is 14.8. The molecule has 184 valence electrons. The summed E-state index contributed by atoms with van der Waals surface area (Å²) in [5.41, 5.74) is -0.134. The summed E-state index contributed by atoms with van der Waals surface area (Å²) in [7, 11) is -3.64. The summed E-state index contributed by atoms with van der Waals surface area (Å²) in [4.78, 5) is 29.3. The van der Waals surface area contributed by atoms with Gasteiger partial charge in [-0.2, -0.15) is 0 Å². The number of hydrogen-bond donors (Lipinski definition) is 1. The Kier molecular flexibility index (Phi) is 9.08. The second kappa shape index (κ2) is 11.2. The van der Waals surface area contributed by atoms with Crippen LogP contribution in [0.25, 0.3) is 0 Å². The van der Waals surface area contributed by atoms with Gasteiger partial charge in [-0.3, -0.25) is 4.79 Å². The fourth-order valence-electron chi connectivity index (χ4n) is 3.70. The Morgan fingerprint density at radius 2 is 1.91 bits per heavy atom. The molecule has 0 aliphatic carbocycles. The zero-order valence-electron chi connectivity index (χ0n) is 20.3. The van der Waals surface area contributed by atoms with Crippen molar-refractivity contribution in [3.63, 3.8) is 0 Å². The van der Waals surface area contributed by atoms with E-state index in [1.807, 2.05) is 34.6 Å². The number of nitrogens with one attached hydrogen (secondary N) is 1. The molecule has 1 aliphatic heterocycles. The molecule has 33 heavy (non-hydrogen) atoms. The molecule has 1 unspecified atom stereocenters. The largest absolute Gasteiger partial charge is 0.444 e. The highest BCUT2D eigenvalue weighted by Gasteiger charge is 2.30. The Morgan fingerprint density at radius 1 is 1.27 bits per heavy atom. The average molecular weight is 480 g/mol. The number of carbonyl (C=O) groups is 2. The molecule has 2 amide bonds. The highest BCUT2D eigenvalue weighted by Crippen LogP contribution is 2.22. The highest BCUT2D eigenvalue weighted by atomic mass is 32.2. The molecule has 1 fully saturated rings. The lowest BCUT2D eigenvalue weighted by Gasteiger charge is -2.37. The molecule has 2 rings (SSSR count). The van der Waals surface area contributed by atoms with Crippen LogP contribution in [-0.2, 0) is 14.8 Å². The lowest BCUT2D eigenvalue weighted by molar-refractivity contribution is 0.0124. The maximum Gasteiger partial charge on any atom is 0.410 e. The van der Waals surface area contributed by atoms with Crippen molar-refractivity contribution in [2.45, 2.75) is 64.0 Å². The van der Waals surface area contributed by atoms with Crippen molar-refractivity contribution in [2.75, 3.05) is 26.2 Å². The van der Waals surface area contributed by atoms with E-state index in [1.54, 1.807) is 9.80 Å². The van der Waals surface area contributed by atoms with Crippen molar-refractivity contribution in [3.8, 4) is 0 Å². The van der Waals surface area contributed by atoms with Gasteiger partial charge in [0.2, 0.25) is 10.0 Å². The molecule has 1 saturated heterocycles. The molecule has 0 aromatic heterocycles. The Hall–Kier alpha value is -2.39. The van der Waals surface area contributed by atoms with Gasteiger partial charge in [-0.15, -0.1) is 6.58 Å². The van der Waals surface area contributed by atoms with Gasteiger partial charge >= 0.3 is 6.09 Å². The summed E-state index contributed by atoms with van der Waals surface area (Å²) in [5.74, 6) is -0.00330. The molecule has 1 aliphatic rings. The monoisotopic (exact) mass is 479 g/mol. The molecular formula is C24H37N3O5S. The first-order valence-corrected chi connectivity index (χ1v) is 12.8. The number of carbonyl (C=O) groups excluding carboxylic acids is 2. The Balaban J connectivity index is 2.06. The third kappa shape index (κ3) is 7.85. The van der Waals surface area contributed by atoms with Gasteiger partial charge in [-0.1, -0.05) is 6.08 Å². The lowest BCUT2D eigenvalue weighted by Crippen LogP contribution is -2.48. The predicted octanol–water partition coefficient (Wildman–Crippen LogP) is 3.65. The first kappa shape index (κ1) is 26.9. The third-order valence-corrected chi connectivity index (χ3v) is 6.78. The number of sulfonamides is 1. The average Bonchev–Trinajstić information content (AvgIpc) is 2.74. The topological polar surface area (TPSA) is 96.0 Å². The van der Waals surface area contributed by atoms with Crippen molar-refractivity contribution in [2.24, 2.45) is 5.92 Å². The first-order chi connectivity index (χ1) is 15.3. The molecule has 9 heteroatoms. The van der Waals surface area contributed by atoms with Gasteiger partial charge in [-0.05, 0) is 77.6 Å². The number of piperidine rings is 1. The number of likely N-dealkylation sites (tertiary alicyclic amines) is 1. The van der Waals surface area contributed by atoms with Crippen molar-refractivity contribution in [1.29, 1.82) is 0 Å². The van der Waals surface area contributed by atoms with Gasteiger partial charge < -0.3 is 14.5 Å². The van der Waals surface area contributed by atoms with E-state index < -0.39 is 15.6 Å². The molecule has 1 aromatic rings. The van der Waals surface area contributed by atoms with E-state index in [4.69, 9.17) is 4.74 Å². The van der Waals surface area contributed by atoms with Crippen LogP contribution < -0.4 is 4.72 Å². The maximum atomic E-state index is 13.1. The van der Waals surface area contributed by atoms with Crippen LogP contribution in [0.5, 0.6) is 0 Å². The zero-order valence-corrected chi connectivity index (χ0v) is 21.2. The number of rotatable bonds is 8. The first-order valence-electron chi connectivity index (χ1n) is 11.3.